The van der Waals surface area contributed by atoms with Crippen molar-refractivity contribution >= 4 is 64.2 Å². The number of hydrogen-bond acceptors (Lipinski definition) is 7. The predicted molar refractivity (Wildman–Crippen MR) is 257 cm³/mol. The van der Waals surface area contributed by atoms with Crippen molar-refractivity contribution in [3.05, 3.63) is 128 Å². The molecule has 8 rings (SSSR count). The summed E-state index contributed by atoms with van der Waals surface area (Å²) in [6.45, 7) is 4.53. The van der Waals surface area contributed by atoms with E-state index in [4.69, 9.17) is 0 Å². The average Bonchev–Trinajstić information content (AvgIpc) is 4.08. The fraction of sp³-hybridized carbons (Fsp3) is 0.352. The van der Waals surface area contributed by atoms with E-state index < -0.39 is 17.8 Å². The van der Waals surface area contributed by atoms with Crippen LogP contribution in [0.1, 0.15) is 145 Å². The summed E-state index contributed by atoms with van der Waals surface area (Å²) in [7, 11) is 2.79. The number of likely N-dealkylation sites (N-methyl/N-ethyl adjacent to an activating group) is 2. The first-order chi connectivity index (χ1) is 30.6. The topological polar surface area (TPSA) is 91.8 Å². The second kappa shape index (κ2) is 19.1. The molecule has 0 N–H and O–H groups in total. The second-order valence-corrected chi connectivity index (χ2v) is 19.6. The fourth-order valence-corrected chi connectivity index (χ4v) is 11.6. The SMILES string of the molecule is CCCCCCCCC1(CCCCCCCC)c2cc(-c3ccc(C=C4C(=O)c5ccccc5C4=O)s3)ccc2-c2ccc(-c3ccc(C=C4C(=O)N(C)C(=O)N(C)C4=O)s3)cc21. The van der Waals surface area contributed by atoms with Gasteiger partial charge in [-0.15, -0.1) is 22.7 Å². The molecule has 7 nitrogen and oxygen atoms in total. The first kappa shape index (κ1) is 44.1. The van der Waals surface area contributed by atoms with E-state index in [-0.39, 0.29) is 28.1 Å². The standard InChI is InChI=1S/C54H56N2O5S2/c1-5-7-9-11-13-17-29-54(30-18-14-12-10-8-6-2)45-31-35(47-27-23-37(62-47)33-43-49(57)41-19-15-16-20-42(41)50(43)58)21-25-39(45)40-26-22-36(32-46(40)54)48-28-24-38(63-48)34-44-51(59)55(3)53(61)56(4)52(44)60/h15-16,19-28,31-34H,5-14,17-18,29-30H2,1-4H3. The van der Waals surface area contributed by atoms with Gasteiger partial charge in [0, 0.05) is 50.1 Å². The van der Waals surface area contributed by atoms with Crippen LogP contribution in [0.3, 0.4) is 0 Å². The summed E-state index contributed by atoms with van der Waals surface area (Å²) in [5.74, 6) is -1.61. The van der Waals surface area contributed by atoms with Crippen molar-refractivity contribution in [3.8, 4) is 32.0 Å². The highest BCUT2D eigenvalue weighted by atomic mass is 32.1. The number of fused-ring (bicyclic) bond motifs is 4. The first-order valence-electron chi connectivity index (χ1n) is 22.8. The van der Waals surface area contributed by atoms with E-state index in [0.29, 0.717) is 11.1 Å². The zero-order valence-electron chi connectivity index (χ0n) is 36.9. The van der Waals surface area contributed by atoms with Gasteiger partial charge in [-0.1, -0.05) is 139 Å². The number of carbonyl (C=O) groups excluding carboxylic acids is 5. The molecule has 0 atom stereocenters. The number of rotatable bonds is 18. The van der Waals surface area contributed by atoms with Crippen LogP contribution in [0.2, 0.25) is 0 Å². The van der Waals surface area contributed by atoms with Crippen molar-refractivity contribution in [2.75, 3.05) is 14.1 Å². The lowest BCUT2D eigenvalue weighted by Gasteiger charge is -2.33. The molecule has 2 aliphatic carbocycles. The molecule has 4 amide bonds. The molecule has 1 fully saturated rings. The molecule has 3 heterocycles. The molecule has 324 valence electrons. The third-order valence-electron chi connectivity index (χ3n) is 13.2. The van der Waals surface area contributed by atoms with Crippen LogP contribution in [-0.4, -0.2) is 53.3 Å². The van der Waals surface area contributed by atoms with Gasteiger partial charge >= 0.3 is 6.03 Å². The van der Waals surface area contributed by atoms with Crippen LogP contribution in [-0.2, 0) is 15.0 Å². The smallest absolute Gasteiger partial charge is 0.288 e. The number of hydrogen-bond donors (Lipinski definition) is 0. The van der Waals surface area contributed by atoms with Crippen LogP contribution in [0, 0.1) is 0 Å². The molecular weight excluding hydrogens is 821 g/mol. The van der Waals surface area contributed by atoms with Gasteiger partial charge in [0.05, 0.1) is 5.57 Å². The van der Waals surface area contributed by atoms with Crippen molar-refractivity contribution in [2.45, 2.75) is 109 Å². The maximum atomic E-state index is 13.2. The van der Waals surface area contributed by atoms with Crippen LogP contribution in [0.25, 0.3) is 44.2 Å². The van der Waals surface area contributed by atoms with Crippen molar-refractivity contribution < 1.29 is 24.0 Å². The summed E-state index contributed by atoms with van der Waals surface area (Å²) in [6.07, 6.45) is 20.1. The van der Waals surface area contributed by atoms with E-state index in [1.807, 2.05) is 12.1 Å². The number of allylic oxidation sites excluding steroid dienone is 1. The van der Waals surface area contributed by atoms with E-state index >= 15 is 0 Å². The Morgan fingerprint density at radius 1 is 0.492 bits per heavy atom. The molecule has 1 saturated heterocycles. The number of urea groups is 1. The van der Waals surface area contributed by atoms with E-state index in [0.717, 1.165) is 66.1 Å². The molecular formula is C54H56N2O5S2. The summed E-state index contributed by atoms with van der Waals surface area (Å²) in [5.41, 5.74) is 8.52. The minimum Gasteiger partial charge on any atom is -0.288 e. The number of nitrogens with zero attached hydrogens (tertiary/aromatic N) is 2. The number of unbranched alkanes of at least 4 members (excludes halogenated alkanes) is 10. The van der Waals surface area contributed by atoms with Gasteiger partial charge in [-0.2, -0.15) is 0 Å². The third-order valence-corrected chi connectivity index (χ3v) is 15.4. The second-order valence-electron chi connectivity index (χ2n) is 17.4. The van der Waals surface area contributed by atoms with Crippen molar-refractivity contribution in [2.24, 2.45) is 0 Å². The molecule has 1 aliphatic heterocycles. The van der Waals surface area contributed by atoms with E-state index in [2.05, 4.69) is 62.4 Å². The van der Waals surface area contributed by atoms with Gasteiger partial charge in [0.15, 0.2) is 11.6 Å². The van der Waals surface area contributed by atoms with Gasteiger partial charge in [0.1, 0.15) is 5.57 Å². The Hall–Kier alpha value is -5.51. The molecule has 0 unspecified atom stereocenters. The molecule has 3 aromatic carbocycles. The zero-order valence-corrected chi connectivity index (χ0v) is 38.5. The van der Waals surface area contributed by atoms with Gasteiger partial charge in [-0.25, -0.2) is 4.79 Å². The number of imide groups is 2. The minimum absolute atomic E-state index is 0.0225. The average molecular weight is 877 g/mol. The highest BCUT2D eigenvalue weighted by Crippen LogP contribution is 2.56. The lowest BCUT2D eigenvalue weighted by atomic mass is 9.70. The van der Waals surface area contributed by atoms with Crippen LogP contribution in [0.15, 0.2) is 96.1 Å². The molecule has 5 aromatic rings. The lowest BCUT2D eigenvalue weighted by molar-refractivity contribution is -0.134. The monoisotopic (exact) mass is 876 g/mol. The molecule has 0 bridgehead atoms. The van der Waals surface area contributed by atoms with Crippen molar-refractivity contribution in [1.82, 2.24) is 9.80 Å². The van der Waals surface area contributed by atoms with Gasteiger partial charge < -0.3 is 0 Å². The molecule has 0 saturated carbocycles. The zero-order chi connectivity index (χ0) is 44.3. The molecule has 0 spiro atoms. The van der Waals surface area contributed by atoms with E-state index in [1.54, 1.807) is 47.8 Å². The van der Waals surface area contributed by atoms with Crippen LogP contribution < -0.4 is 0 Å². The summed E-state index contributed by atoms with van der Waals surface area (Å²) in [5, 5.41) is 0. The minimum atomic E-state index is -0.634. The van der Waals surface area contributed by atoms with Gasteiger partial charge in [-0.3, -0.25) is 29.0 Å². The van der Waals surface area contributed by atoms with E-state index in [1.165, 1.54) is 112 Å². The summed E-state index contributed by atoms with van der Waals surface area (Å²) >= 11 is 3.15. The number of Topliss-reactive ketones (excluding diaryl/α,β-unsaturated/α-hetero) is 2. The maximum Gasteiger partial charge on any atom is 0.333 e. The van der Waals surface area contributed by atoms with Crippen LogP contribution in [0.5, 0.6) is 0 Å². The van der Waals surface area contributed by atoms with Crippen LogP contribution >= 0.6 is 22.7 Å². The quantitative estimate of drug-likeness (QED) is 0.0497. The Balaban J connectivity index is 1.16. The van der Waals surface area contributed by atoms with E-state index in [9.17, 15) is 24.0 Å². The number of benzene rings is 3. The number of amides is 4. The van der Waals surface area contributed by atoms with Gasteiger partial charge in [0.25, 0.3) is 11.8 Å². The van der Waals surface area contributed by atoms with Crippen molar-refractivity contribution in [3.63, 3.8) is 0 Å². The lowest BCUT2D eigenvalue weighted by Crippen LogP contribution is -2.52. The Kier molecular flexibility index (Phi) is 13.4. The van der Waals surface area contributed by atoms with Crippen molar-refractivity contribution in [1.29, 1.82) is 0 Å². The molecule has 0 radical (unpaired) electrons. The maximum absolute atomic E-state index is 13.2. The molecule has 63 heavy (non-hydrogen) atoms. The number of ketones is 2. The van der Waals surface area contributed by atoms with Crippen LogP contribution in [0.4, 0.5) is 4.79 Å². The van der Waals surface area contributed by atoms with Gasteiger partial charge in [-0.05, 0) is 94.8 Å². The highest BCUT2D eigenvalue weighted by Gasteiger charge is 2.43. The highest BCUT2D eigenvalue weighted by molar-refractivity contribution is 7.16. The predicted octanol–water partition coefficient (Wildman–Crippen LogP) is 13.8. The Morgan fingerprint density at radius 3 is 1.38 bits per heavy atom. The Labute approximate surface area is 379 Å². The Bertz CT molecular complexity index is 2580. The summed E-state index contributed by atoms with van der Waals surface area (Å²) in [6, 6.07) is 28.4. The largest absolute Gasteiger partial charge is 0.333 e. The fourth-order valence-electron chi connectivity index (χ4n) is 9.71. The molecule has 2 aromatic heterocycles. The first-order valence-corrected chi connectivity index (χ1v) is 24.4. The number of barbiturate groups is 1. The molecule has 9 heteroatoms. The number of thiophene rings is 2. The number of carbonyl (C=O) groups is 5. The Morgan fingerprint density at radius 2 is 0.921 bits per heavy atom. The van der Waals surface area contributed by atoms with Gasteiger partial charge in [0.2, 0.25) is 0 Å². The summed E-state index contributed by atoms with van der Waals surface area (Å²) < 4.78 is 0. The third kappa shape index (κ3) is 8.62. The normalized spacial score (nSPS) is 15.4. The summed E-state index contributed by atoms with van der Waals surface area (Å²) in [4.78, 5) is 70.6. The molecule has 3 aliphatic rings.